The molecule has 0 heterocycles. The number of benzene rings is 1. The first-order valence-corrected chi connectivity index (χ1v) is 8.72. The number of nitrogens with one attached hydrogen (secondary N) is 1. The summed E-state index contributed by atoms with van der Waals surface area (Å²) in [5.41, 5.74) is 0.476. The second-order valence-electron chi connectivity index (χ2n) is 5.51. The van der Waals surface area contributed by atoms with Crippen molar-refractivity contribution in [1.29, 1.82) is 0 Å². The number of rotatable bonds is 4. The number of aliphatic hydroxyl groups excluding tert-OH is 1. The summed E-state index contributed by atoms with van der Waals surface area (Å²) in [5.74, 6) is 6.16. The highest BCUT2D eigenvalue weighted by Gasteiger charge is 2.27. The van der Waals surface area contributed by atoms with Crippen molar-refractivity contribution < 1.29 is 13.5 Å². The van der Waals surface area contributed by atoms with Crippen molar-refractivity contribution in [3.05, 3.63) is 29.8 Å². The highest BCUT2D eigenvalue weighted by atomic mass is 32.2. The van der Waals surface area contributed by atoms with Gasteiger partial charge in [-0.1, -0.05) is 30.9 Å². The van der Waals surface area contributed by atoms with Crippen LogP contribution in [-0.4, -0.2) is 26.2 Å². The third kappa shape index (κ3) is 4.31. The van der Waals surface area contributed by atoms with E-state index in [2.05, 4.69) is 23.5 Å². The minimum absolute atomic E-state index is 0.0171. The van der Waals surface area contributed by atoms with Crippen molar-refractivity contribution in [3.63, 3.8) is 0 Å². The zero-order valence-electron chi connectivity index (χ0n) is 12.2. The number of hydrogen-bond acceptors (Lipinski definition) is 3. The Hall–Kier alpha value is -1.35. The van der Waals surface area contributed by atoms with Crippen molar-refractivity contribution in [1.82, 2.24) is 4.72 Å². The summed E-state index contributed by atoms with van der Waals surface area (Å²) in [6.07, 6.45) is 3.17. The molecule has 1 aliphatic rings. The molecule has 2 N–H and O–H groups in total. The van der Waals surface area contributed by atoms with Gasteiger partial charge in [-0.15, -0.1) is 0 Å². The lowest BCUT2D eigenvalue weighted by atomic mass is 10.1. The number of hydrogen-bond donors (Lipinski definition) is 2. The molecular formula is C16H21NO3S. The molecule has 2 rings (SSSR count). The Morgan fingerprint density at radius 3 is 2.76 bits per heavy atom. The van der Waals surface area contributed by atoms with Crippen LogP contribution in [0.4, 0.5) is 0 Å². The molecule has 2 unspecified atom stereocenters. The molecule has 1 aromatic rings. The van der Waals surface area contributed by atoms with E-state index in [0.717, 1.165) is 19.3 Å². The molecule has 4 nitrogen and oxygen atoms in total. The summed E-state index contributed by atoms with van der Waals surface area (Å²) in [7, 11) is -3.55. The first kappa shape index (κ1) is 16.0. The van der Waals surface area contributed by atoms with E-state index >= 15 is 0 Å². The molecule has 0 radical (unpaired) electrons. The van der Waals surface area contributed by atoms with Crippen molar-refractivity contribution in [2.75, 3.05) is 6.61 Å². The maximum atomic E-state index is 12.5. The summed E-state index contributed by atoms with van der Waals surface area (Å²) in [6, 6.07) is 6.74. The Bertz CT molecular complexity index is 643. The van der Waals surface area contributed by atoms with Crippen LogP contribution in [0.2, 0.25) is 0 Å². The predicted molar refractivity (Wildman–Crippen MR) is 82.1 cm³/mol. The van der Waals surface area contributed by atoms with Gasteiger partial charge in [-0.25, -0.2) is 13.1 Å². The third-order valence-corrected chi connectivity index (χ3v) is 5.23. The first-order chi connectivity index (χ1) is 10.0. The monoisotopic (exact) mass is 307 g/mol. The molecule has 5 heteroatoms. The van der Waals surface area contributed by atoms with Crippen molar-refractivity contribution in [2.24, 2.45) is 5.92 Å². The lowest BCUT2D eigenvalue weighted by Gasteiger charge is -2.14. The standard InChI is InChI=1S/C16H21NO3S/c1-13-9-10-15(12-13)17-21(19,20)16-8-3-2-6-14(16)7-4-5-11-18/h2-3,6,8,13,15,17-18H,5,9-12H2,1H3. The summed E-state index contributed by atoms with van der Waals surface area (Å²) in [4.78, 5) is 0.218. The van der Waals surface area contributed by atoms with Crippen molar-refractivity contribution in [3.8, 4) is 11.8 Å². The molecule has 21 heavy (non-hydrogen) atoms. The third-order valence-electron chi connectivity index (χ3n) is 3.65. The van der Waals surface area contributed by atoms with Crippen LogP contribution in [0.25, 0.3) is 0 Å². The topological polar surface area (TPSA) is 66.4 Å². The summed E-state index contributed by atoms with van der Waals surface area (Å²) < 4.78 is 27.8. The maximum Gasteiger partial charge on any atom is 0.242 e. The molecule has 1 fully saturated rings. The van der Waals surface area contributed by atoms with Crippen LogP contribution in [0.15, 0.2) is 29.2 Å². The fraction of sp³-hybridized carbons (Fsp3) is 0.500. The normalized spacial score (nSPS) is 21.8. The average molecular weight is 307 g/mol. The average Bonchev–Trinajstić information content (AvgIpc) is 2.84. The van der Waals surface area contributed by atoms with Gasteiger partial charge in [0.1, 0.15) is 0 Å². The Morgan fingerprint density at radius 2 is 2.10 bits per heavy atom. The van der Waals surface area contributed by atoms with Crippen LogP contribution in [0.1, 0.15) is 38.2 Å². The van der Waals surface area contributed by atoms with Gasteiger partial charge in [0, 0.05) is 18.0 Å². The van der Waals surface area contributed by atoms with Gasteiger partial charge in [0.2, 0.25) is 10.0 Å². The fourth-order valence-electron chi connectivity index (χ4n) is 2.61. The minimum Gasteiger partial charge on any atom is -0.395 e. The van der Waals surface area contributed by atoms with Crippen molar-refractivity contribution >= 4 is 10.0 Å². The van der Waals surface area contributed by atoms with Gasteiger partial charge in [0.05, 0.1) is 11.5 Å². The summed E-state index contributed by atoms with van der Waals surface area (Å²) >= 11 is 0. The Kier molecular flexibility index (Phi) is 5.40. The zero-order chi connectivity index (χ0) is 15.3. The van der Waals surface area contributed by atoms with Gasteiger partial charge >= 0.3 is 0 Å². The maximum absolute atomic E-state index is 12.5. The lowest BCUT2D eigenvalue weighted by molar-refractivity contribution is 0.305. The van der Waals surface area contributed by atoms with Crippen LogP contribution in [0.3, 0.4) is 0 Å². The van der Waals surface area contributed by atoms with E-state index < -0.39 is 10.0 Å². The van der Waals surface area contributed by atoms with E-state index in [1.54, 1.807) is 24.3 Å². The van der Waals surface area contributed by atoms with Crippen LogP contribution in [0, 0.1) is 17.8 Å². The molecule has 0 bridgehead atoms. The SMILES string of the molecule is CC1CCC(NS(=O)(=O)c2ccccc2C#CCCO)C1. The van der Waals surface area contributed by atoms with Crippen LogP contribution in [0.5, 0.6) is 0 Å². The Morgan fingerprint density at radius 1 is 1.33 bits per heavy atom. The van der Waals surface area contributed by atoms with Crippen LogP contribution < -0.4 is 4.72 Å². The number of sulfonamides is 1. The van der Waals surface area contributed by atoms with Crippen molar-refractivity contribution in [2.45, 2.75) is 43.5 Å². The minimum atomic E-state index is -3.55. The van der Waals surface area contributed by atoms with Gasteiger partial charge in [0.25, 0.3) is 0 Å². The highest BCUT2D eigenvalue weighted by Crippen LogP contribution is 2.26. The second-order valence-corrected chi connectivity index (χ2v) is 7.19. The van der Waals surface area contributed by atoms with E-state index in [-0.39, 0.29) is 17.5 Å². The Labute approximate surface area is 126 Å². The summed E-state index contributed by atoms with van der Waals surface area (Å²) in [6.45, 7) is 2.11. The zero-order valence-corrected chi connectivity index (χ0v) is 13.0. The van der Waals surface area contributed by atoms with E-state index in [1.807, 2.05) is 0 Å². The number of aliphatic hydroxyl groups is 1. The highest BCUT2D eigenvalue weighted by molar-refractivity contribution is 7.89. The quantitative estimate of drug-likeness (QED) is 0.835. The largest absolute Gasteiger partial charge is 0.395 e. The van der Waals surface area contributed by atoms with E-state index in [4.69, 9.17) is 5.11 Å². The first-order valence-electron chi connectivity index (χ1n) is 7.24. The molecule has 0 spiro atoms. The smallest absolute Gasteiger partial charge is 0.242 e. The molecule has 1 aromatic carbocycles. The molecule has 0 aromatic heterocycles. The lowest BCUT2D eigenvalue weighted by Crippen LogP contribution is -2.33. The molecule has 1 aliphatic carbocycles. The van der Waals surface area contributed by atoms with Crippen LogP contribution >= 0.6 is 0 Å². The van der Waals surface area contributed by atoms with Crippen LogP contribution in [-0.2, 0) is 10.0 Å². The van der Waals surface area contributed by atoms with E-state index in [9.17, 15) is 8.42 Å². The van der Waals surface area contributed by atoms with E-state index in [1.165, 1.54) is 0 Å². The van der Waals surface area contributed by atoms with Gasteiger partial charge < -0.3 is 5.11 Å². The van der Waals surface area contributed by atoms with Gasteiger partial charge in [-0.2, -0.15) is 0 Å². The Balaban J connectivity index is 2.22. The molecule has 0 saturated heterocycles. The van der Waals surface area contributed by atoms with E-state index in [0.29, 0.717) is 17.9 Å². The summed E-state index contributed by atoms with van der Waals surface area (Å²) in [5, 5.41) is 8.75. The van der Waals surface area contributed by atoms with Gasteiger partial charge in [0.15, 0.2) is 0 Å². The fourth-order valence-corrected chi connectivity index (χ4v) is 4.06. The van der Waals surface area contributed by atoms with Gasteiger partial charge in [-0.05, 0) is 37.3 Å². The molecule has 2 atom stereocenters. The molecule has 0 amide bonds. The second kappa shape index (κ2) is 7.08. The molecule has 1 saturated carbocycles. The predicted octanol–water partition coefficient (Wildman–Crippen LogP) is 1.89. The molecular weight excluding hydrogens is 286 g/mol. The molecule has 0 aliphatic heterocycles. The molecule has 114 valence electrons. The van der Waals surface area contributed by atoms with Gasteiger partial charge in [-0.3, -0.25) is 0 Å².